The first-order valence-electron chi connectivity index (χ1n) is 5.58. The van der Waals surface area contributed by atoms with E-state index in [0.29, 0.717) is 5.69 Å². The van der Waals surface area contributed by atoms with Crippen LogP contribution in [0.5, 0.6) is 0 Å². The Hall–Kier alpha value is -0.840. The maximum Gasteiger partial charge on any atom is 0.269 e. The lowest BCUT2D eigenvalue weighted by Gasteiger charge is -2.04. The number of nitrogens with zero attached hydrogens (tertiary/aromatic N) is 2. The molecule has 0 bridgehead atoms. The van der Waals surface area contributed by atoms with Gasteiger partial charge in [-0.3, -0.25) is 9.48 Å². The van der Waals surface area contributed by atoms with Crippen LogP contribution < -0.4 is 5.32 Å². The van der Waals surface area contributed by atoms with E-state index in [1.54, 1.807) is 24.0 Å². The van der Waals surface area contributed by atoms with Gasteiger partial charge >= 0.3 is 0 Å². The number of carbonyl (C=O) groups excluding carboxylic acids is 1. The van der Waals surface area contributed by atoms with Crippen molar-refractivity contribution in [2.75, 3.05) is 11.9 Å². The van der Waals surface area contributed by atoms with E-state index in [-0.39, 0.29) is 5.91 Å². The fourth-order valence-electron chi connectivity index (χ4n) is 1.46. The van der Waals surface area contributed by atoms with Gasteiger partial charge in [-0.15, -0.1) is 0 Å². The number of hydrogen-bond donors (Lipinski definition) is 1. The minimum atomic E-state index is -0.0412. The number of unbranched alkanes of at least 4 members (excludes halogenated alkanes) is 3. The van der Waals surface area contributed by atoms with Crippen molar-refractivity contribution in [2.24, 2.45) is 7.05 Å². The number of aromatic nitrogens is 2. The minimum absolute atomic E-state index is 0.0412. The zero-order chi connectivity index (χ0) is 11.8. The van der Waals surface area contributed by atoms with E-state index in [9.17, 15) is 4.79 Å². The fraction of sp³-hybridized carbons (Fsp3) is 0.636. The molecule has 0 radical (unpaired) electrons. The van der Waals surface area contributed by atoms with Gasteiger partial charge in [0, 0.05) is 25.1 Å². The Kier molecular flexibility index (Phi) is 6.15. The van der Waals surface area contributed by atoms with Crippen molar-refractivity contribution in [3.8, 4) is 0 Å². The molecule has 0 saturated carbocycles. The monoisotopic (exact) mass is 287 g/mol. The third kappa shape index (κ3) is 4.35. The predicted molar refractivity (Wildman–Crippen MR) is 67.8 cm³/mol. The molecular weight excluding hydrogens is 270 g/mol. The average molecular weight is 288 g/mol. The summed E-state index contributed by atoms with van der Waals surface area (Å²) in [5, 5.41) is 7.91. The number of aryl methyl sites for hydroxylation is 1. The Labute approximate surface area is 105 Å². The molecule has 1 rings (SSSR count). The normalized spacial score (nSPS) is 10.4. The molecule has 1 aromatic rings. The molecule has 0 fully saturated rings. The number of amides is 1. The summed E-state index contributed by atoms with van der Waals surface area (Å²) in [6.07, 6.45) is 6.25. The Morgan fingerprint density at radius 1 is 1.44 bits per heavy atom. The van der Waals surface area contributed by atoms with Crippen LogP contribution in [0.1, 0.15) is 36.2 Å². The molecule has 0 aliphatic heterocycles. The number of alkyl halides is 1. The van der Waals surface area contributed by atoms with Gasteiger partial charge in [-0.25, -0.2) is 0 Å². The third-order valence-corrected chi connectivity index (χ3v) is 2.96. The first-order chi connectivity index (χ1) is 7.75. The van der Waals surface area contributed by atoms with E-state index in [1.807, 2.05) is 0 Å². The van der Waals surface area contributed by atoms with Crippen molar-refractivity contribution in [3.63, 3.8) is 0 Å². The second kappa shape index (κ2) is 7.44. The van der Waals surface area contributed by atoms with E-state index < -0.39 is 0 Å². The Bertz CT molecular complexity index is 325. The van der Waals surface area contributed by atoms with Crippen LogP contribution in [0, 0.1) is 0 Å². The molecule has 0 saturated heterocycles. The summed E-state index contributed by atoms with van der Waals surface area (Å²) in [5.41, 5.74) is 0.612. The molecule has 0 aliphatic rings. The van der Waals surface area contributed by atoms with Gasteiger partial charge < -0.3 is 5.32 Å². The zero-order valence-electron chi connectivity index (χ0n) is 9.58. The van der Waals surface area contributed by atoms with Gasteiger partial charge in [0.2, 0.25) is 0 Å². The molecule has 1 amide bonds. The van der Waals surface area contributed by atoms with Crippen LogP contribution in [0.15, 0.2) is 12.3 Å². The highest BCUT2D eigenvalue weighted by molar-refractivity contribution is 9.09. The maximum absolute atomic E-state index is 11.6. The lowest BCUT2D eigenvalue weighted by atomic mass is 10.2. The quantitative estimate of drug-likeness (QED) is 0.617. The van der Waals surface area contributed by atoms with Crippen molar-refractivity contribution in [3.05, 3.63) is 18.0 Å². The first kappa shape index (κ1) is 13.2. The van der Waals surface area contributed by atoms with Crippen LogP contribution in [0.25, 0.3) is 0 Å². The predicted octanol–water partition coefficient (Wildman–Crippen LogP) is 2.11. The van der Waals surface area contributed by atoms with Gasteiger partial charge in [0.25, 0.3) is 5.91 Å². The first-order valence-corrected chi connectivity index (χ1v) is 6.70. The van der Waals surface area contributed by atoms with E-state index in [1.165, 1.54) is 12.8 Å². The van der Waals surface area contributed by atoms with Gasteiger partial charge in [0.05, 0.1) is 0 Å². The average Bonchev–Trinajstić information content (AvgIpc) is 2.69. The highest BCUT2D eigenvalue weighted by atomic mass is 79.9. The van der Waals surface area contributed by atoms with Crippen LogP contribution in [0.3, 0.4) is 0 Å². The summed E-state index contributed by atoms with van der Waals surface area (Å²) in [5.74, 6) is -0.0412. The maximum atomic E-state index is 11.6. The van der Waals surface area contributed by atoms with E-state index >= 15 is 0 Å². The number of halogens is 1. The molecule has 0 aromatic carbocycles. The third-order valence-electron chi connectivity index (χ3n) is 2.40. The molecule has 4 nitrogen and oxygen atoms in total. The number of nitrogens with one attached hydrogen (secondary N) is 1. The van der Waals surface area contributed by atoms with Gasteiger partial charge in [-0.05, 0) is 18.9 Å². The molecule has 0 unspecified atom stereocenters. The van der Waals surface area contributed by atoms with Crippen molar-refractivity contribution in [2.45, 2.75) is 25.7 Å². The highest BCUT2D eigenvalue weighted by Gasteiger charge is 2.07. The molecular formula is C11H18BrN3O. The summed E-state index contributed by atoms with van der Waals surface area (Å²) in [4.78, 5) is 11.6. The van der Waals surface area contributed by atoms with Gasteiger partial charge in [-0.1, -0.05) is 28.8 Å². The standard InChI is InChI=1S/C11H18BrN3O/c1-15-10(6-9-14-15)11(16)13-8-5-3-2-4-7-12/h6,9H,2-5,7-8H2,1H3,(H,13,16). The summed E-state index contributed by atoms with van der Waals surface area (Å²) in [7, 11) is 1.77. The Morgan fingerprint density at radius 3 is 2.81 bits per heavy atom. The summed E-state index contributed by atoms with van der Waals surface area (Å²) in [6, 6.07) is 1.72. The molecule has 1 N–H and O–H groups in total. The second-order valence-electron chi connectivity index (χ2n) is 3.70. The molecule has 1 heterocycles. The summed E-state index contributed by atoms with van der Waals surface area (Å²) >= 11 is 3.40. The largest absolute Gasteiger partial charge is 0.351 e. The zero-order valence-corrected chi connectivity index (χ0v) is 11.2. The SMILES string of the molecule is Cn1nccc1C(=O)NCCCCCCBr. The van der Waals surface area contributed by atoms with Crippen LogP contribution in [0.4, 0.5) is 0 Å². The van der Waals surface area contributed by atoms with Crippen LogP contribution >= 0.6 is 15.9 Å². The fourth-order valence-corrected chi connectivity index (χ4v) is 1.86. The molecule has 0 spiro atoms. The second-order valence-corrected chi connectivity index (χ2v) is 4.49. The van der Waals surface area contributed by atoms with Gasteiger partial charge in [-0.2, -0.15) is 5.10 Å². The topological polar surface area (TPSA) is 46.9 Å². The summed E-state index contributed by atoms with van der Waals surface area (Å²) in [6.45, 7) is 0.742. The Balaban J connectivity index is 2.14. The van der Waals surface area contributed by atoms with Crippen molar-refractivity contribution in [1.29, 1.82) is 0 Å². The lowest BCUT2D eigenvalue weighted by Crippen LogP contribution is -2.26. The molecule has 1 aromatic heterocycles. The number of rotatable bonds is 7. The van der Waals surface area contributed by atoms with E-state index in [2.05, 4.69) is 26.3 Å². The Morgan fingerprint density at radius 2 is 2.19 bits per heavy atom. The minimum Gasteiger partial charge on any atom is -0.351 e. The van der Waals surface area contributed by atoms with Crippen molar-refractivity contribution >= 4 is 21.8 Å². The lowest BCUT2D eigenvalue weighted by molar-refractivity contribution is 0.0943. The molecule has 0 aliphatic carbocycles. The number of hydrogen-bond acceptors (Lipinski definition) is 2. The smallest absolute Gasteiger partial charge is 0.269 e. The number of carbonyl (C=O) groups is 1. The van der Waals surface area contributed by atoms with Crippen molar-refractivity contribution in [1.82, 2.24) is 15.1 Å². The van der Waals surface area contributed by atoms with E-state index in [4.69, 9.17) is 0 Å². The van der Waals surface area contributed by atoms with Crippen LogP contribution in [0.2, 0.25) is 0 Å². The van der Waals surface area contributed by atoms with E-state index in [0.717, 1.165) is 24.7 Å². The summed E-state index contributed by atoms with van der Waals surface area (Å²) < 4.78 is 1.58. The van der Waals surface area contributed by atoms with Crippen LogP contribution in [-0.2, 0) is 7.05 Å². The molecule has 5 heteroatoms. The highest BCUT2D eigenvalue weighted by Crippen LogP contribution is 2.01. The van der Waals surface area contributed by atoms with Crippen molar-refractivity contribution < 1.29 is 4.79 Å². The van der Waals surface area contributed by atoms with Crippen LogP contribution in [-0.4, -0.2) is 27.6 Å². The van der Waals surface area contributed by atoms with Gasteiger partial charge in [0.1, 0.15) is 5.69 Å². The molecule has 0 atom stereocenters. The molecule has 90 valence electrons. The molecule has 16 heavy (non-hydrogen) atoms. The van der Waals surface area contributed by atoms with Gasteiger partial charge in [0.15, 0.2) is 0 Å².